The third kappa shape index (κ3) is 3.61. The number of hydrogen-bond acceptors (Lipinski definition) is 4. The molecule has 7 nitrogen and oxygen atoms in total. The number of aromatic nitrogens is 2. The Morgan fingerprint density at radius 3 is 2.46 bits per heavy atom. The maximum atomic E-state index is 12.3. The van der Waals surface area contributed by atoms with E-state index in [1.54, 1.807) is 0 Å². The van der Waals surface area contributed by atoms with E-state index in [4.69, 9.17) is 0 Å². The third-order valence-corrected chi connectivity index (χ3v) is 5.80. The summed E-state index contributed by atoms with van der Waals surface area (Å²) < 4.78 is 27.1. The van der Waals surface area contributed by atoms with Gasteiger partial charge in [-0.05, 0) is 42.8 Å². The Kier molecular flexibility index (Phi) is 4.80. The molecule has 136 valence electrons. The van der Waals surface area contributed by atoms with Gasteiger partial charge in [0, 0.05) is 32.1 Å². The number of pyridine rings is 1. The summed E-state index contributed by atoms with van der Waals surface area (Å²) in [5.41, 5.74) is 3.08. The number of sulfonamides is 1. The molecule has 1 amide bonds. The molecule has 26 heavy (non-hydrogen) atoms. The van der Waals surface area contributed by atoms with E-state index in [0.717, 1.165) is 21.2 Å². The van der Waals surface area contributed by atoms with Gasteiger partial charge >= 0.3 is 0 Å². The van der Waals surface area contributed by atoms with Crippen LogP contribution in [0.25, 0.3) is 5.65 Å². The van der Waals surface area contributed by atoms with E-state index < -0.39 is 10.0 Å². The molecule has 0 unspecified atom stereocenters. The van der Waals surface area contributed by atoms with Crippen LogP contribution < -0.4 is 5.32 Å². The molecule has 0 fully saturated rings. The molecule has 3 aromatic rings. The number of fused-ring (bicyclic) bond motifs is 1. The number of amides is 1. The number of benzene rings is 1. The maximum absolute atomic E-state index is 12.3. The standard InChI is InChI=1S/C18H20N4O3S/c1-13-4-9-17-20-15(12-22(17)11-13)10-19-18(23)14-5-7-16(8-6-14)26(24,25)21(2)3/h4-9,11-12H,10H2,1-3H3,(H,19,23). The van der Waals surface area contributed by atoms with Crippen molar-refractivity contribution < 1.29 is 13.2 Å². The largest absolute Gasteiger partial charge is 0.346 e. The Bertz CT molecular complexity index is 1050. The lowest BCUT2D eigenvalue weighted by molar-refractivity contribution is 0.0950. The summed E-state index contributed by atoms with van der Waals surface area (Å²) in [4.78, 5) is 16.9. The van der Waals surface area contributed by atoms with Crippen LogP contribution in [-0.4, -0.2) is 42.1 Å². The summed E-state index contributed by atoms with van der Waals surface area (Å²) in [7, 11) is -0.575. The van der Waals surface area contributed by atoms with E-state index >= 15 is 0 Å². The van der Waals surface area contributed by atoms with Crippen molar-refractivity contribution in [3.63, 3.8) is 0 Å². The molecule has 0 aliphatic rings. The van der Waals surface area contributed by atoms with E-state index in [1.807, 2.05) is 35.9 Å². The van der Waals surface area contributed by atoms with Gasteiger partial charge in [-0.25, -0.2) is 17.7 Å². The average molecular weight is 372 g/mol. The van der Waals surface area contributed by atoms with Gasteiger partial charge in [-0.3, -0.25) is 4.79 Å². The van der Waals surface area contributed by atoms with E-state index in [-0.39, 0.29) is 17.3 Å². The van der Waals surface area contributed by atoms with Crippen molar-refractivity contribution in [2.75, 3.05) is 14.1 Å². The highest BCUT2D eigenvalue weighted by Crippen LogP contribution is 2.14. The summed E-state index contributed by atoms with van der Waals surface area (Å²) in [6.07, 6.45) is 3.84. The molecule has 2 heterocycles. The fraction of sp³-hybridized carbons (Fsp3) is 0.222. The molecule has 0 spiro atoms. The Hall–Kier alpha value is -2.71. The molecule has 0 bridgehead atoms. The topological polar surface area (TPSA) is 83.8 Å². The zero-order chi connectivity index (χ0) is 18.9. The quantitative estimate of drug-likeness (QED) is 0.740. The van der Waals surface area contributed by atoms with Crippen LogP contribution in [0.15, 0.2) is 53.7 Å². The number of nitrogens with one attached hydrogen (secondary N) is 1. The number of nitrogens with zero attached hydrogens (tertiary/aromatic N) is 3. The molecule has 0 aliphatic carbocycles. The number of imidazole rings is 1. The minimum Gasteiger partial charge on any atom is -0.346 e. The lowest BCUT2D eigenvalue weighted by atomic mass is 10.2. The number of carbonyl (C=O) groups excluding carboxylic acids is 1. The van der Waals surface area contributed by atoms with Gasteiger partial charge in [0.1, 0.15) is 5.65 Å². The summed E-state index contributed by atoms with van der Waals surface area (Å²) in [6.45, 7) is 2.29. The second kappa shape index (κ2) is 6.89. The first-order valence-electron chi connectivity index (χ1n) is 8.02. The first-order valence-corrected chi connectivity index (χ1v) is 9.46. The lowest BCUT2D eigenvalue weighted by Gasteiger charge is -2.11. The van der Waals surface area contributed by atoms with Gasteiger partial charge in [-0.1, -0.05) is 6.07 Å². The van der Waals surface area contributed by atoms with Crippen LogP contribution in [0.4, 0.5) is 0 Å². The van der Waals surface area contributed by atoms with Crippen molar-refractivity contribution in [2.24, 2.45) is 0 Å². The van der Waals surface area contributed by atoms with Crippen LogP contribution in [0.3, 0.4) is 0 Å². The van der Waals surface area contributed by atoms with Crippen molar-refractivity contribution in [3.8, 4) is 0 Å². The maximum Gasteiger partial charge on any atom is 0.251 e. The second-order valence-corrected chi connectivity index (χ2v) is 8.35. The average Bonchev–Trinajstić information content (AvgIpc) is 3.01. The molecule has 0 atom stereocenters. The molecule has 0 saturated carbocycles. The highest BCUT2D eigenvalue weighted by molar-refractivity contribution is 7.89. The first-order chi connectivity index (χ1) is 12.3. The molecule has 0 saturated heterocycles. The molecule has 8 heteroatoms. The van der Waals surface area contributed by atoms with Crippen molar-refractivity contribution in [1.29, 1.82) is 0 Å². The predicted molar refractivity (Wildman–Crippen MR) is 98.4 cm³/mol. The van der Waals surface area contributed by atoms with Gasteiger partial charge in [-0.2, -0.15) is 0 Å². The van der Waals surface area contributed by atoms with Crippen LogP contribution >= 0.6 is 0 Å². The fourth-order valence-corrected chi connectivity index (χ4v) is 3.40. The second-order valence-electron chi connectivity index (χ2n) is 6.20. The Labute approximate surface area is 152 Å². The zero-order valence-electron chi connectivity index (χ0n) is 14.8. The van der Waals surface area contributed by atoms with Crippen molar-refractivity contribution in [1.82, 2.24) is 19.0 Å². The lowest BCUT2D eigenvalue weighted by Crippen LogP contribution is -2.24. The van der Waals surface area contributed by atoms with Crippen LogP contribution in [0.1, 0.15) is 21.6 Å². The van der Waals surface area contributed by atoms with Crippen molar-refractivity contribution in [2.45, 2.75) is 18.4 Å². The molecular weight excluding hydrogens is 352 g/mol. The molecule has 1 N–H and O–H groups in total. The number of carbonyl (C=O) groups is 1. The molecule has 2 aromatic heterocycles. The molecule has 1 aromatic carbocycles. The Morgan fingerprint density at radius 2 is 1.81 bits per heavy atom. The normalized spacial score (nSPS) is 11.8. The number of rotatable bonds is 5. The van der Waals surface area contributed by atoms with Gasteiger partial charge in [0.2, 0.25) is 10.0 Å². The van der Waals surface area contributed by atoms with Crippen LogP contribution in [0.5, 0.6) is 0 Å². The van der Waals surface area contributed by atoms with Crippen LogP contribution in [-0.2, 0) is 16.6 Å². The van der Waals surface area contributed by atoms with Crippen LogP contribution in [0, 0.1) is 6.92 Å². The van der Waals surface area contributed by atoms with Gasteiger partial charge < -0.3 is 9.72 Å². The SMILES string of the molecule is Cc1ccc2nc(CNC(=O)c3ccc(S(=O)(=O)N(C)C)cc3)cn2c1. The van der Waals surface area contributed by atoms with Crippen molar-refractivity contribution in [3.05, 3.63) is 65.6 Å². The molecule has 0 aliphatic heterocycles. The highest BCUT2D eigenvalue weighted by atomic mass is 32.2. The zero-order valence-corrected chi connectivity index (χ0v) is 15.6. The monoisotopic (exact) mass is 372 g/mol. The highest BCUT2D eigenvalue weighted by Gasteiger charge is 2.17. The van der Waals surface area contributed by atoms with E-state index in [9.17, 15) is 13.2 Å². The summed E-state index contributed by atoms with van der Waals surface area (Å²) in [5, 5.41) is 2.80. The van der Waals surface area contributed by atoms with E-state index in [0.29, 0.717) is 5.56 Å². The Morgan fingerprint density at radius 1 is 1.12 bits per heavy atom. The molecule has 3 rings (SSSR count). The minimum atomic E-state index is -3.50. The van der Waals surface area contributed by atoms with Gasteiger partial charge in [0.05, 0.1) is 17.1 Å². The number of hydrogen-bond donors (Lipinski definition) is 1. The summed E-state index contributed by atoms with van der Waals surface area (Å²) in [6, 6.07) is 9.76. The van der Waals surface area contributed by atoms with E-state index in [2.05, 4.69) is 10.3 Å². The summed E-state index contributed by atoms with van der Waals surface area (Å²) in [5.74, 6) is -0.285. The first kappa shape index (κ1) is 18.1. The molecule has 0 radical (unpaired) electrons. The third-order valence-electron chi connectivity index (χ3n) is 3.97. The van der Waals surface area contributed by atoms with Gasteiger partial charge in [0.25, 0.3) is 5.91 Å². The van der Waals surface area contributed by atoms with Crippen LogP contribution in [0.2, 0.25) is 0 Å². The smallest absolute Gasteiger partial charge is 0.251 e. The Balaban J connectivity index is 1.69. The predicted octanol–water partition coefficient (Wildman–Crippen LogP) is 1.82. The number of aryl methyl sites for hydroxylation is 1. The van der Waals surface area contributed by atoms with Crippen molar-refractivity contribution >= 4 is 21.6 Å². The van der Waals surface area contributed by atoms with Gasteiger partial charge in [0.15, 0.2) is 0 Å². The molecular formula is C18H20N4O3S. The van der Waals surface area contributed by atoms with Gasteiger partial charge in [-0.15, -0.1) is 0 Å². The van der Waals surface area contributed by atoms with E-state index in [1.165, 1.54) is 38.4 Å². The minimum absolute atomic E-state index is 0.148. The summed E-state index contributed by atoms with van der Waals surface area (Å²) >= 11 is 0. The fourth-order valence-electron chi connectivity index (χ4n) is 2.50.